The maximum absolute atomic E-state index is 13.7. The highest BCUT2D eigenvalue weighted by Gasteiger charge is 2.51. The van der Waals surface area contributed by atoms with Gasteiger partial charge >= 0.3 is 0 Å². The maximum Gasteiger partial charge on any atom is 0.255 e. The van der Waals surface area contributed by atoms with Gasteiger partial charge in [-0.15, -0.1) is 0 Å². The Hall–Kier alpha value is -4.05. The molecule has 1 saturated carbocycles. The first-order valence-electron chi connectivity index (χ1n) is 12.4. The van der Waals surface area contributed by atoms with Crippen molar-refractivity contribution in [2.45, 2.75) is 25.8 Å². The zero-order valence-corrected chi connectivity index (χ0v) is 21.7. The van der Waals surface area contributed by atoms with Crippen molar-refractivity contribution in [3.8, 4) is 17.1 Å². The van der Waals surface area contributed by atoms with E-state index in [9.17, 15) is 29.7 Å². The molecule has 1 unspecified atom stereocenters. The first kappa shape index (κ1) is 25.6. The number of nitrogens with zero attached hydrogens (tertiary/aromatic N) is 2. The summed E-state index contributed by atoms with van der Waals surface area (Å²) < 4.78 is 5.98. The number of allylic oxidation sites excluding steroid dienone is 2. The number of fused-ring (bicyclic) bond motifs is 3. The molecule has 0 radical (unpaired) electrons. The van der Waals surface area contributed by atoms with Crippen LogP contribution in [0.4, 0.5) is 5.69 Å². The van der Waals surface area contributed by atoms with Crippen LogP contribution in [0, 0.1) is 17.8 Å². The fraction of sp³-hybridized carbons (Fsp3) is 0.393. The number of phenols is 1. The van der Waals surface area contributed by atoms with E-state index >= 15 is 0 Å². The summed E-state index contributed by atoms with van der Waals surface area (Å²) in [6.45, 7) is 0.563. The highest BCUT2D eigenvalue weighted by Crippen LogP contribution is 2.53. The van der Waals surface area contributed by atoms with E-state index in [1.165, 1.54) is 0 Å². The summed E-state index contributed by atoms with van der Waals surface area (Å²) in [7, 11) is 7.53. The SMILES string of the molecule is CN(C)Cc1ccc(-c2cc(N(C)C)c3c(c2O)C(O)=C2C(=O)C4C(O)=C(C(N)=O)C(=O)C[C@@H]4C[C@@H]2C3)o1. The van der Waals surface area contributed by atoms with E-state index in [1.54, 1.807) is 12.1 Å². The molecule has 1 aromatic carbocycles. The average molecular weight is 522 g/mol. The van der Waals surface area contributed by atoms with Crippen molar-refractivity contribution in [1.82, 2.24) is 4.90 Å². The molecule has 0 bridgehead atoms. The first-order valence-corrected chi connectivity index (χ1v) is 12.4. The van der Waals surface area contributed by atoms with E-state index in [0.29, 0.717) is 42.0 Å². The number of rotatable bonds is 5. The molecular formula is C28H31N3O7. The van der Waals surface area contributed by atoms with E-state index in [-0.39, 0.29) is 29.1 Å². The molecule has 1 fully saturated rings. The van der Waals surface area contributed by atoms with E-state index in [4.69, 9.17) is 10.2 Å². The average Bonchev–Trinajstić information content (AvgIpc) is 3.25. The summed E-state index contributed by atoms with van der Waals surface area (Å²) in [5, 5.41) is 33.6. The Morgan fingerprint density at radius 2 is 1.82 bits per heavy atom. The molecule has 10 heteroatoms. The van der Waals surface area contributed by atoms with Crippen LogP contribution in [0.5, 0.6) is 5.75 Å². The van der Waals surface area contributed by atoms with Crippen LogP contribution < -0.4 is 10.6 Å². The highest BCUT2D eigenvalue weighted by molar-refractivity contribution is 6.21. The fourth-order valence-electron chi connectivity index (χ4n) is 6.20. The number of anilines is 1. The Kier molecular flexibility index (Phi) is 6.10. The molecule has 3 atom stereocenters. The number of ketones is 2. The minimum absolute atomic E-state index is 0.0772. The van der Waals surface area contributed by atoms with Gasteiger partial charge in [0.1, 0.15) is 34.4 Å². The second kappa shape index (κ2) is 9.05. The van der Waals surface area contributed by atoms with Crippen LogP contribution >= 0.6 is 0 Å². The number of Topliss-reactive ketones (excluding diaryl/α,β-unsaturated/α-hetero) is 2. The Morgan fingerprint density at radius 1 is 1.11 bits per heavy atom. The third-order valence-electron chi connectivity index (χ3n) is 7.75. The molecule has 3 aliphatic rings. The van der Waals surface area contributed by atoms with Crippen LogP contribution in [0.15, 0.2) is 39.5 Å². The van der Waals surface area contributed by atoms with Crippen LogP contribution in [0.3, 0.4) is 0 Å². The Balaban J connectivity index is 1.67. The van der Waals surface area contributed by atoms with Gasteiger partial charge in [0.05, 0.1) is 23.6 Å². The number of carbonyl (C=O) groups excluding carboxylic acids is 3. The quantitative estimate of drug-likeness (QED) is 0.434. The molecule has 5 rings (SSSR count). The van der Waals surface area contributed by atoms with Gasteiger partial charge < -0.3 is 35.3 Å². The number of aromatic hydroxyl groups is 1. The number of hydrogen-bond donors (Lipinski definition) is 4. The van der Waals surface area contributed by atoms with E-state index in [2.05, 4.69) is 0 Å². The molecular weight excluding hydrogens is 490 g/mol. The number of carbonyl (C=O) groups is 3. The Labute approximate surface area is 219 Å². The minimum atomic E-state index is -1.15. The number of primary amides is 1. The first-order chi connectivity index (χ1) is 17.9. The monoisotopic (exact) mass is 521 g/mol. The van der Waals surface area contributed by atoms with Gasteiger partial charge in [0.25, 0.3) is 5.91 Å². The zero-order chi connectivity index (χ0) is 27.6. The second-order valence-electron chi connectivity index (χ2n) is 10.8. The summed E-state index contributed by atoms with van der Waals surface area (Å²) in [6, 6.07) is 5.37. The largest absolute Gasteiger partial charge is 0.511 e. The van der Waals surface area contributed by atoms with Gasteiger partial charge in [0.15, 0.2) is 11.6 Å². The lowest BCUT2D eigenvalue weighted by atomic mass is 9.61. The number of phenolic OH excluding ortho intramolecular Hbond substituents is 1. The molecule has 0 saturated heterocycles. The zero-order valence-electron chi connectivity index (χ0n) is 21.7. The minimum Gasteiger partial charge on any atom is -0.511 e. The highest BCUT2D eigenvalue weighted by atomic mass is 16.3. The molecule has 1 heterocycles. The standard InChI is InChI=1S/C28H31N3O7/c1-30(2)11-14-5-6-19(38-14)16-10-17(31(3)4)15-8-12-7-13-9-18(32)23(28(29)37)27(36)21(13)25(34)20(12)26(35)22(15)24(16)33/h5-6,10,12-13,21,33,35-36H,7-9,11H2,1-4H3,(H2,29,37)/t12-,13+,21?/m1/s1. The van der Waals surface area contributed by atoms with Crippen molar-refractivity contribution in [2.24, 2.45) is 23.5 Å². The van der Waals surface area contributed by atoms with Crippen molar-refractivity contribution in [3.05, 3.63) is 52.0 Å². The predicted octanol–water partition coefficient (Wildman–Crippen LogP) is 2.70. The number of nitrogens with two attached hydrogens (primary N) is 1. The lowest BCUT2D eigenvalue weighted by Crippen LogP contribution is -2.44. The Morgan fingerprint density at radius 3 is 2.45 bits per heavy atom. The summed E-state index contributed by atoms with van der Waals surface area (Å²) in [4.78, 5) is 41.8. The van der Waals surface area contributed by atoms with Crippen LogP contribution in [0.1, 0.15) is 29.7 Å². The van der Waals surface area contributed by atoms with Crippen LogP contribution in [-0.2, 0) is 27.3 Å². The van der Waals surface area contributed by atoms with Gasteiger partial charge in [0, 0.05) is 31.8 Å². The summed E-state index contributed by atoms with van der Waals surface area (Å²) in [5.74, 6) is -4.44. The number of aliphatic hydroxyl groups excluding tert-OH is 2. The van der Waals surface area contributed by atoms with Crippen molar-refractivity contribution in [1.29, 1.82) is 0 Å². The van der Waals surface area contributed by atoms with Crippen LogP contribution in [0.25, 0.3) is 17.1 Å². The van der Waals surface area contributed by atoms with Gasteiger partial charge in [-0.2, -0.15) is 0 Å². The van der Waals surface area contributed by atoms with Gasteiger partial charge in [-0.05, 0) is 62.5 Å². The van der Waals surface area contributed by atoms with Crippen molar-refractivity contribution in [2.75, 3.05) is 33.1 Å². The molecule has 5 N–H and O–H groups in total. The number of hydrogen-bond acceptors (Lipinski definition) is 9. The van der Waals surface area contributed by atoms with Gasteiger partial charge in [-0.25, -0.2) is 0 Å². The molecule has 200 valence electrons. The normalized spacial score (nSPS) is 22.9. The number of benzene rings is 1. The van der Waals surface area contributed by atoms with Crippen LogP contribution in [-0.4, -0.2) is 65.9 Å². The predicted molar refractivity (Wildman–Crippen MR) is 139 cm³/mol. The topological polar surface area (TPSA) is 158 Å². The van der Waals surface area contributed by atoms with Gasteiger partial charge in [-0.1, -0.05) is 0 Å². The fourth-order valence-corrected chi connectivity index (χ4v) is 6.20. The van der Waals surface area contributed by atoms with Gasteiger partial charge in [0.2, 0.25) is 0 Å². The molecule has 10 nitrogen and oxygen atoms in total. The van der Waals surface area contributed by atoms with Crippen molar-refractivity contribution >= 4 is 28.9 Å². The molecule has 1 aromatic heterocycles. The molecule has 38 heavy (non-hydrogen) atoms. The van der Waals surface area contributed by atoms with Crippen molar-refractivity contribution in [3.63, 3.8) is 0 Å². The smallest absolute Gasteiger partial charge is 0.255 e. The summed E-state index contributed by atoms with van der Waals surface area (Å²) in [5.41, 5.74) is 6.75. The Bertz CT molecular complexity index is 1450. The molecule has 3 aliphatic carbocycles. The molecule has 0 aliphatic heterocycles. The number of aliphatic hydroxyl groups is 2. The maximum atomic E-state index is 13.7. The summed E-state index contributed by atoms with van der Waals surface area (Å²) >= 11 is 0. The third kappa shape index (κ3) is 3.87. The van der Waals surface area contributed by atoms with E-state index < -0.39 is 46.6 Å². The molecule has 2 aromatic rings. The lowest BCUT2D eigenvalue weighted by molar-refractivity contribution is -0.127. The van der Waals surface area contributed by atoms with E-state index in [1.807, 2.05) is 44.1 Å². The number of furan rings is 1. The van der Waals surface area contributed by atoms with Crippen LogP contribution in [0.2, 0.25) is 0 Å². The molecule has 0 spiro atoms. The van der Waals surface area contributed by atoms with Crippen molar-refractivity contribution < 1.29 is 34.1 Å². The second-order valence-corrected chi connectivity index (χ2v) is 10.8. The van der Waals surface area contributed by atoms with E-state index in [0.717, 1.165) is 5.69 Å². The summed E-state index contributed by atoms with van der Waals surface area (Å²) in [6.07, 6.45) is 0.601. The molecule has 1 amide bonds. The number of amides is 1. The third-order valence-corrected chi connectivity index (χ3v) is 7.75. The van der Waals surface area contributed by atoms with Gasteiger partial charge in [-0.3, -0.25) is 14.4 Å². The lowest BCUT2D eigenvalue weighted by Gasteiger charge is -2.41.